The molecule has 270 valence electrons. The highest BCUT2D eigenvalue weighted by molar-refractivity contribution is 5.94. The Labute approximate surface area is 296 Å². The molecular weight excluding hydrogens is 657 g/mol. The van der Waals surface area contributed by atoms with Gasteiger partial charge in [-0.3, -0.25) is 14.4 Å². The van der Waals surface area contributed by atoms with Gasteiger partial charge in [0.2, 0.25) is 17.6 Å². The predicted molar refractivity (Wildman–Crippen MR) is 189 cm³/mol. The minimum Gasteiger partial charge on any atom is -0.493 e. The van der Waals surface area contributed by atoms with Crippen molar-refractivity contribution in [2.24, 2.45) is 5.92 Å². The summed E-state index contributed by atoms with van der Waals surface area (Å²) in [4.78, 5) is 58.3. The van der Waals surface area contributed by atoms with Gasteiger partial charge < -0.3 is 39.2 Å². The summed E-state index contributed by atoms with van der Waals surface area (Å²) in [6.07, 6.45) is 5.62. The molecule has 2 aromatic carbocycles. The largest absolute Gasteiger partial charge is 0.493 e. The van der Waals surface area contributed by atoms with Gasteiger partial charge in [-0.2, -0.15) is 0 Å². The van der Waals surface area contributed by atoms with Crippen molar-refractivity contribution in [2.75, 3.05) is 65.5 Å². The maximum Gasteiger partial charge on any atom is 0.272 e. The van der Waals surface area contributed by atoms with Crippen LogP contribution in [0.1, 0.15) is 47.3 Å². The van der Waals surface area contributed by atoms with E-state index in [1.807, 2.05) is 12.1 Å². The first kappa shape index (κ1) is 35.4. The quantitative estimate of drug-likeness (QED) is 0.306. The number of hydrogen-bond donors (Lipinski definition) is 2. The van der Waals surface area contributed by atoms with Crippen LogP contribution in [-0.2, 0) is 22.6 Å². The molecule has 0 spiro atoms. The summed E-state index contributed by atoms with van der Waals surface area (Å²) in [5, 5.41) is 3.76. The Bertz CT molecular complexity index is 1870. The number of rotatable bonds is 6. The summed E-state index contributed by atoms with van der Waals surface area (Å²) < 4.78 is 31.6. The third-order valence-electron chi connectivity index (χ3n) is 9.55. The van der Waals surface area contributed by atoms with E-state index in [9.17, 15) is 18.8 Å². The number of H-pyrrole nitrogens is 1. The molecule has 0 saturated carbocycles. The van der Waals surface area contributed by atoms with Gasteiger partial charge in [0, 0.05) is 56.3 Å². The van der Waals surface area contributed by atoms with Crippen LogP contribution in [0.3, 0.4) is 0 Å². The molecule has 1 fully saturated rings. The first-order chi connectivity index (χ1) is 24.8. The normalized spacial score (nSPS) is 17.5. The van der Waals surface area contributed by atoms with Crippen LogP contribution in [0.2, 0.25) is 0 Å². The van der Waals surface area contributed by atoms with Crippen molar-refractivity contribution in [1.29, 1.82) is 0 Å². The Balaban J connectivity index is 1.37. The van der Waals surface area contributed by atoms with Crippen molar-refractivity contribution in [3.05, 3.63) is 71.6 Å². The zero-order valence-corrected chi connectivity index (χ0v) is 29.2. The number of nitrogens with zero attached hydrogens (tertiary/aromatic N) is 5. The maximum atomic E-state index is 14.5. The monoisotopic (exact) mass is 701 g/mol. The average Bonchev–Trinajstić information content (AvgIpc) is 3.69. The molecule has 14 heteroatoms. The standard InChI is InChI=1S/C37H44FN7O6/c1-49-31-17-29-27(34(50-2)35(31)51-3)15-26-21-45(37(48)30-19-39-23-41-30)13-7-6-12-43(33(47)16-25-10-4-5-11-28(25)38)22-32(46)40-18-24-9-8-14-44(20-24)36(26)42-29/h4-5,10-11,15,17,19,23-24H,6-9,12-14,16,18,20-22H2,1-3H3,(H,39,41)(H,40,46). The fourth-order valence-electron chi connectivity index (χ4n) is 6.94. The van der Waals surface area contributed by atoms with Crippen molar-refractivity contribution in [1.82, 2.24) is 30.1 Å². The molecule has 3 amide bonds. The second kappa shape index (κ2) is 16.1. The number of hydrogen-bond acceptors (Lipinski definition) is 9. The predicted octanol–water partition coefficient (Wildman–Crippen LogP) is 3.96. The van der Waals surface area contributed by atoms with Gasteiger partial charge in [-0.1, -0.05) is 18.2 Å². The molecule has 1 unspecified atom stereocenters. The van der Waals surface area contributed by atoms with Crippen LogP contribution in [-0.4, -0.2) is 103 Å². The molecule has 2 N–H and O–H groups in total. The van der Waals surface area contributed by atoms with Crippen LogP contribution in [0.4, 0.5) is 10.2 Å². The average molecular weight is 702 g/mol. The molecule has 4 heterocycles. The van der Waals surface area contributed by atoms with E-state index in [1.165, 1.54) is 23.5 Å². The number of carbonyl (C=O) groups is 3. The van der Waals surface area contributed by atoms with Crippen LogP contribution in [0.5, 0.6) is 17.2 Å². The van der Waals surface area contributed by atoms with Gasteiger partial charge in [0.05, 0.1) is 52.3 Å². The third-order valence-corrected chi connectivity index (χ3v) is 9.55. The summed E-state index contributed by atoms with van der Waals surface area (Å²) in [7, 11) is 4.68. The van der Waals surface area contributed by atoms with Gasteiger partial charge in [-0.05, 0) is 49.3 Å². The molecular formula is C37H44FN7O6. The number of nitrogens with one attached hydrogen (secondary N) is 2. The fourth-order valence-corrected chi connectivity index (χ4v) is 6.94. The van der Waals surface area contributed by atoms with E-state index in [-0.39, 0.29) is 55.3 Å². The van der Waals surface area contributed by atoms with Crippen LogP contribution in [0, 0.1) is 11.7 Å². The highest BCUT2D eigenvalue weighted by Gasteiger charge is 2.29. The number of amides is 3. The Morgan fingerprint density at radius 3 is 2.47 bits per heavy atom. The number of benzene rings is 2. The SMILES string of the molecule is COc1cc2nc3c(cc2c(OC)c1OC)CN(C(=O)c1cnc[nH]1)CCCCN(C(=O)Cc1ccccc1F)CC(=O)NCC1CCCN3C1. The topological polar surface area (TPSA) is 142 Å². The van der Waals surface area contributed by atoms with E-state index < -0.39 is 5.82 Å². The summed E-state index contributed by atoms with van der Waals surface area (Å²) >= 11 is 0. The first-order valence-corrected chi connectivity index (χ1v) is 17.2. The Morgan fingerprint density at radius 2 is 1.75 bits per heavy atom. The number of aromatic nitrogens is 3. The van der Waals surface area contributed by atoms with Crippen LogP contribution in [0.15, 0.2) is 48.9 Å². The second-order valence-electron chi connectivity index (χ2n) is 12.9. The Kier molecular flexibility index (Phi) is 11.2. The van der Waals surface area contributed by atoms with E-state index in [4.69, 9.17) is 19.2 Å². The van der Waals surface area contributed by atoms with Gasteiger partial charge in [0.1, 0.15) is 17.3 Å². The first-order valence-electron chi connectivity index (χ1n) is 17.2. The van der Waals surface area contributed by atoms with Gasteiger partial charge in [-0.15, -0.1) is 0 Å². The molecule has 2 bridgehead atoms. The van der Waals surface area contributed by atoms with Crippen molar-refractivity contribution >= 4 is 34.4 Å². The number of methoxy groups -OCH3 is 3. The van der Waals surface area contributed by atoms with Crippen molar-refractivity contribution in [3.63, 3.8) is 0 Å². The van der Waals surface area contributed by atoms with Crippen LogP contribution in [0.25, 0.3) is 10.9 Å². The highest BCUT2D eigenvalue weighted by atomic mass is 19.1. The summed E-state index contributed by atoms with van der Waals surface area (Å²) in [6.45, 7) is 2.52. The molecule has 51 heavy (non-hydrogen) atoms. The Morgan fingerprint density at radius 1 is 0.961 bits per heavy atom. The number of fused-ring (bicyclic) bond motifs is 5. The molecule has 0 radical (unpaired) electrons. The van der Waals surface area contributed by atoms with E-state index in [0.717, 1.165) is 30.8 Å². The molecule has 1 saturated heterocycles. The van der Waals surface area contributed by atoms with Gasteiger partial charge in [0.25, 0.3) is 5.91 Å². The van der Waals surface area contributed by atoms with E-state index in [2.05, 4.69) is 20.2 Å². The Hall–Kier alpha value is -5.40. The number of pyridine rings is 1. The number of carbonyl (C=O) groups excluding carboxylic acids is 3. The van der Waals surface area contributed by atoms with Gasteiger partial charge >= 0.3 is 0 Å². The van der Waals surface area contributed by atoms with Crippen LogP contribution < -0.4 is 24.4 Å². The van der Waals surface area contributed by atoms with E-state index in [1.54, 1.807) is 44.4 Å². The molecule has 1 atom stereocenters. The number of aromatic amines is 1. The zero-order valence-electron chi connectivity index (χ0n) is 29.2. The summed E-state index contributed by atoms with van der Waals surface area (Å²) in [6, 6.07) is 9.99. The summed E-state index contributed by atoms with van der Waals surface area (Å²) in [5.74, 6) is 0.960. The number of imidazole rings is 1. The molecule has 2 aromatic heterocycles. The number of ether oxygens (including phenoxy) is 3. The third kappa shape index (κ3) is 8.00. The number of anilines is 1. The molecule has 13 nitrogen and oxygen atoms in total. The smallest absolute Gasteiger partial charge is 0.272 e. The van der Waals surface area contributed by atoms with Crippen molar-refractivity contribution in [3.8, 4) is 17.2 Å². The zero-order chi connectivity index (χ0) is 35.9. The fraction of sp³-hybridized carbons (Fsp3) is 0.432. The van der Waals surface area contributed by atoms with Gasteiger partial charge in [-0.25, -0.2) is 14.4 Å². The van der Waals surface area contributed by atoms with Crippen molar-refractivity contribution in [2.45, 2.75) is 38.6 Å². The highest BCUT2D eigenvalue weighted by Crippen LogP contribution is 2.44. The lowest BCUT2D eigenvalue weighted by atomic mass is 9.97. The van der Waals surface area contributed by atoms with Gasteiger partial charge in [0.15, 0.2) is 11.5 Å². The van der Waals surface area contributed by atoms with E-state index >= 15 is 0 Å². The van der Waals surface area contributed by atoms with Crippen LogP contribution >= 0.6 is 0 Å². The van der Waals surface area contributed by atoms with Crippen molar-refractivity contribution < 1.29 is 33.0 Å². The number of piperidine rings is 1. The molecule has 6 rings (SSSR count). The summed E-state index contributed by atoms with van der Waals surface area (Å²) in [5.41, 5.74) is 2.10. The molecule has 0 aliphatic carbocycles. The lowest BCUT2D eigenvalue weighted by Crippen LogP contribution is -2.46. The lowest BCUT2D eigenvalue weighted by Gasteiger charge is -2.36. The lowest BCUT2D eigenvalue weighted by molar-refractivity contribution is -0.135. The number of halogens is 1. The van der Waals surface area contributed by atoms with E-state index in [0.29, 0.717) is 66.3 Å². The molecule has 2 aliphatic heterocycles. The minimum atomic E-state index is -0.461. The maximum absolute atomic E-state index is 14.5. The second-order valence-corrected chi connectivity index (χ2v) is 12.9. The minimum absolute atomic E-state index is 0.117. The molecule has 2 aliphatic rings. The molecule has 4 aromatic rings.